The molecule has 3 aromatic rings. The van der Waals surface area contributed by atoms with Crippen LogP contribution < -0.4 is 21.3 Å². The zero-order chi connectivity index (χ0) is 37.6. The van der Waals surface area contributed by atoms with Gasteiger partial charge in [-0.2, -0.15) is 0 Å². The van der Waals surface area contributed by atoms with Gasteiger partial charge in [0, 0.05) is 43.4 Å². The van der Waals surface area contributed by atoms with Crippen LogP contribution in [0, 0.1) is 16.0 Å². The number of carbonyl (C=O) groups excluding carboxylic acids is 4. The molecule has 6 N–H and O–H groups in total. The summed E-state index contributed by atoms with van der Waals surface area (Å²) in [6, 6.07) is 11.3. The van der Waals surface area contributed by atoms with E-state index in [1.807, 2.05) is 19.9 Å². The highest BCUT2D eigenvalue weighted by Gasteiger charge is 2.32. The van der Waals surface area contributed by atoms with E-state index in [9.17, 15) is 34.4 Å². The summed E-state index contributed by atoms with van der Waals surface area (Å²) in [6.45, 7) is 9.48. The van der Waals surface area contributed by atoms with Crippen molar-refractivity contribution in [2.24, 2.45) is 5.92 Å². The van der Waals surface area contributed by atoms with Crippen LogP contribution in [0.1, 0.15) is 64.3 Å². The third-order valence-corrected chi connectivity index (χ3v) is 8.04. The molecule has 0 aliphatic rings. The highest BCUT2D eigenvalue weighted by molar-refractivity contribution is 5.92. The molecule has 0 fully saturated rings. The van der Waals surface area contributed by atoms with Gasteiger partial charge < -0.3 is 36.1 Å². The Labute approximate surface area is 297 Å². The second-order valence-corrected chi connectivity index (χ2v) is 13.6. The van der Waals surface area contributed by atoms with Crippen molar-refractivity contribution in [1.29, 1.82) is 0 Å². The highest BCUT2D eigenvalue weighted by atomic mass is 16.6. The average molecular weight is 708 g/mol. The molecule has 0 saturated carbocycles. The van der Waals surface area contributed by atoms with E-state index in [2.05, 4.69) is 31.2 Å². The number of amides is 4. The number of nitro benzene ring substituents is 1. The van der Waals surface area contributed by atoms with E-state index < -0.39 is 58.6 Å². The fourth-order valence-corrected chi connectivity index (χ4v) is 5.02. The van der Waals surface area contributed by atoms with Gasteiger partial charge in [-0.3, -0.25) is 24.5 Å². The third kappa shape index (κ3) is 14.2. The summed E-state index contributed by atoms with van der Waals surface area (Å²) < 4.78 is 5.40. The number of aromatic nitrogens is 2. The van der Waals surface area contributed by atoms with Crippen LogP contribution in [0.15, 0.2) is 67.1 Å². The number of nitrogens with zero attached hydrogens (tertiary/aromatic N) is 2. The number of carbonyl (C=O) groups is 4. The summed E-state index contributed by atoms with van der Waals surface area (Å²) in [4.78, 5) is 71.0. The van der Waals surface area contributed by atoms with Gasteiger partial charge in [-0.05, 0) is 44.2 Å². The number of aliphatic hydroxyl groups excluding tert-OH is 1. The molecule has 0 bridgehead atoms. The topological polar surface area (TPSA) is 218 Å². The van der Waals surface area contributed by atoms with Crippen molar-refractivity contribution >= 4 is 29.5 Å². The minimum atomic E-state index is -1.36. The number of ether oxygens (including phenoxy) is 1. The molecule has 1 unspecified atom stereocenters. The molecule has 4 amide bonds. The minimum Gasteiger partial charge on any atom is -0.444 e. The minimum absolute atomic E-state index is 0.0189. The van der Waals surface area contributed by atoms with Gasteiger partial charge in [-0.15, -0.1) is 0 Å². The second kappa shape index (κ2) is 19.2. The molecule has 3 rings (SSSR count). The Hall–Kier alpha value is -5.31. The molecule has 2 aromatic carbocycles. The number of imidazole rings is 1. The molecular weight excluding hydrogens is 658 g/mol. The van der Waals surface area contributed by atoms with Gasteiger partial charge in [0.2, 0.25) is 17.7 Å². The van der Waals surface area contributed by atoms with Crippen molar-refractivity contribution in [3.8, 4) is 0 Å². The summed E-state index contributed by atoms with van der Waals surface area (Å²) in [5, 5.41) is 33.4. The Balaban J connectivity index is 1.87. The molecule has 1 aromatic heterocycles. The first-order chi connectivity index (χ1) is 24.1. The van der Waals surface area contributed by atoms with Crippen LogP contribution in [0.2, 0.25) is 0 Å². The van der Waals surface area contributed by atoms with Gasteiger partial charge in [0.1, 0.15) is 17.7 Å². The number of aromatic amines is 1. The van der Waals surface area contributed by atoms with Gasteiger partial charge in [0.05, 0.1) is 29.8 Å². The van der Waals surface area contributed by atoms with Crippen LogP contribution in [0.4, 0.5) is 10.5 Å². The van der Waals surface area contributed by atoms with Crippen LogP contribution in [0.3, 0.4) is 0 Å². The first-order valence-electron chi connectivity index (χ1n) is 16.9. The monoisotopic (exact) mass is 707 g/mol. The molecule has 5 atom stereocenters. The van der Waals surface area contributed by atoms with Crippen LogP contribution in [-0.2, 0) is 38.4 Å². The molecule has 276 valence electrons. The number of benzene rings is 2. The average Bonchev–Trinajstić information content (AvgIpc) is 3.59. The predicted octanol–water partition coefficient (Wildman–Crippen LogP) is 3.12. The van der Waals surface area contributed by atoms with Crippen molar-refractivity contribution < 1.29 is 33.9 Å². The van der Waals surface area contributed by atoms with Crippen LogP contribution in [0.5, 0.6) is 0 Å². The lowest BCUT2D eigenvalue weighted by molar-refractivity contribution is -0.384. The van der Waals surface area contributed by atoms with Gasteiger partial charge >= 0.3 is 6.09 Å². The van der Waals surface area contributed by atoms with Gasteiger partial charge in [0.25, 0.3) is 5.69 Å². The van der Waals surface area contributed by atoms with E-state index in [-0.39, 0.29) is 37.3 Å². The molecule has 0 saturated heterocycles. The second-order valence-electron chi connectivity index (χ2n) is 13.6. The van der Waals surface area contributed by atoms with Crippen LogP contribution >= 0.6 is 0 Å². The van der Waals surface area contributed by atoms with Crippen molar-refractivity contribution in [1.82, 2.24) is 31.2 Å². The summed E-state index contributed by atoms with van der Waals surface area (Å²) in [7, 11) is 0. The lowest BCUT2D eigenvalue weighted by Crippen LogP contribution is -2.58. The summed E-state index contributed by atoms with van der Waals surface area (Å²) in [5.74, 6) is -1.53. The van der Waals surface area contributed by atoms with E-state index in [1.54, 1.807) is 45.0 Å². The van der Waals surface area contributed by atoms with E-state index in [0.717, 1.165) is 12.0 Å². The van der Waals surface area contributed by atoms with Crippen molar-refractivity contribution in [2.45, 2.75) is 96.6 Å². The quantitative estimate of drug-likeness (QED) is 0.0844. The maximum Gasteiger partial charge on any atom is 0.408 e. The normalized spacial score (nSPS) is 14.2. The summed E-state index contributed by atoms with van der Waals surface area (Å²) in [6.07, 6.45) is 1.36. The number of nitrogens with one attached hydrogen (secondary N) is 5. The third-order valence-electron chi connectivity index (χ3n) is 8.04. The predicted molar refractivity (Wildman–Crippen MR) is 189 cm³/mol. The lowest BCUT2D eigenvalue weighted by atomic mass is 9.97. The number of rotatable bonds is 18. The zero-order valence-corrected chi connectivity index (χ0v) is 29.7. The Morgan fingerprint density at radius 3 is 2.14 bits per heavy atom. The summed E-state index contributed by atoms with van der Waals surface area (Å²) in [5.41, 5.74) is 0.875. The molecule has 15 nitrogen and oxygen atoms in total. The molecule has 1 heterocycles. The van der Waals surface area contributed by atoms with Crippen LogP contribution in [-0.4, -0.2) is 80.2 Å². The number of H-pyrrole nitrogens is 1. The van der Waals surface area contributed by atoms with Crippen molar-refractivity contribution in [3.05, 3.63) is 94.1 Å². The smallest absolute Gasteiger partial charge is 0.408 e. The Morgan fingerprint density at radius 2 is 1.55 bits per heavy atom. The Kier molecular flexibility index (Phi) is 15.1. The maximum atomic E-state index is 14.0. The molecule has 0 radical (unpaired) electrons. The fourth-order valence-electron chi connectivity index (χ4n) is 5.02. The fraction of sp³-hybridized carbons (Fsp3) is 0.472. The van der Waals surface area contributed by atoms with Crippen molar-refractivity contribution in [2.75, 3.05) is 6.54 Å². The van der Waals surface area contributed by atoms with Gasteiger partial charge in [-0.25, -0.2) is 9.78 Å². The molecule has 0 aliphatic carbocycles. The van der Waals surface area contributed by atoms with E-state index in [0.29, 0.717) is 17.8 Å². The molecule has 51 heavy (non-hydrogen) atoms. The Morgan fingerprint density at radius 1 is 0.922 bits per heavy atom. The van der Waals surface area contributed by atoms with E-state index in [1.165, 1.54) is 36.8 Å². The van der Waals surface area contributed by atoms with Crippen LogP contribution in [0.25, 0.3) is 0 Å². The standard InChI is InChI=1S/C36H49N7O8/c1-6-23(2)20-38-32(45)19-31(44)28(16-25-12-14-27(15-13-25)43(49)50)40-34(47)30(18-26-21-37-22-39-26)41-33(46)29(17-24-10-8-7-9-11-24)42-35(48)51-36(3,4)5/h7-15,21-23,28-31,44H,6,16-20H2,1-5H3,(H,37,39)(H,38,45)(H,40,47)(H,41,46)(H,42,48)/t23?,28-,29-,30-,31-/m0/s1. The number of nitro groups is 1. The highest BCUT2D eigenvalue weighted by Crippen LogP contribution is 2.16. The number of alkyl carbamates (subject to hydrolysis) is 1. The molecule has 0 aliphatic heterocycles. The van der Waals surface area contributed by atoms with E-state index in [4.69, 9.17) is 4.74 Å². The van der Waals surface area contributed by atoms with Crippen molar-refractivity contribution in [3.63, 3.8) is 0 Å². The van der Waals surface area contributed by atoms with Gasteiger partial charge in [-0.1, -0.05) is 62.7 Å². The number of hydrogen-bond donors (Lipinski definition) is 6. The summed E-state index contributed by atoms with van der Waals surface area (Å²) >= 11 is 0. The maximum absolute atomic E-state index is 14.0. The lowest BCUT2D eigenvalue weighted by Gasteiger charge is -2.28. The van der Waals surface area contributed by atoms with E-state index >= 15 is 0 Å². The Bertz CT molecular complexity index is 1580. The molecule has 0 spiro atoms. The first kappa shape index (κ1) is 40.1. The van der Waals surface area contributed by atoms with Gasteiger partial charge in [0.15, 0.2) is 0 Å². The first-order valence-corrected chi connectivity index (χ1v) is 16.9. The zero-order valence-electron chi connectivity index (χ0n) is 29.7. The molecular formula is C36H49N7O8. The number of non-ortho nitro benzene ring substituents is 1. The number of aliphatic hydroxyl groups is 1. The number of hydrogen-bond acceptors (Lipinski definition) is 9. The largest absolute Gasteiger partial charge is 0.444 e. The SMILES string of the molecule is CCC(C)CNC(=O)C[C@H](O)[C@H](Cc1ccc([N+](=O)[O-])cc1)NC(=O)[C@H](Cc1cnc[nH]1)NC(=O)[C@H](Cc1ccccc1)NC(=O)OC(C)(C)C. The molecule has 15 heteroatoms.